The van der Waals surface area contributed by atoms with E-state index in [-0.39, 0.29) is 0 Å². The monoisotopic (exact) mass is 240 g/mol. The molecule has 0 fully saturated rings. The molecule has 0 saturated carbocycles. The van der Waals surface area contributed by atoms with Gasteiger partial charge in [0.05, 0.1) is 0 Å². The number of hydrogen-bond acceptors (Lipinski definition) is 0. The van der Waals surface area contributed by atoms with E-state index >= 15 is 0 Å². The van der Waals surface area contributed by atoms with E-state index in [4.69, 9.17) is 0 Å². The summed E-state index contributed by atoms with van der Waals surface area (Å²) in [5.41, 5.74) is 0. The average molecular weight is 241 g/mol. The summed E-state index contributed by atoms with van der Waals surface area (Å²) >= 11 is 5.62. The fourth-order valence-corrected chi connectivity index (χ4v) is 0. The van der Waals surface area contributed by atoms with Gasteiger partial charge >= 0.3 is 32.8 Å². The Labute approximate surface area is 58.6 Å². The van der Waals surface area contributed by atoms with E-state index in [1.807, 2.05) is 13.0 Å². The fraction of sp³-hybridized carbons (Fsp3) is 0.250. The zero-order chi connectivity index (χ0) is 5.41. The van der Waals surface area contributed by atoms with Crippen molar-refractivity contribution in [3.8, 4) is 0 Å². The van der Waals surface area contributed by atoms with E-state index in [1.54, 1.807) is 26.6 Å². The van der Waals surface area contributed by atoms with Gasteiger partial charge in [-0.3, -0.25) is 0 Å². The Morgan fingerprint density at radius 2 is 1.83 bits per heavy atom. The molecule has 41 valence electrons. The molecule has 0 saturated heterocycles. The minimum absolute atomic E-state index is 1.75. The third kappa shape index (κ3) is 21.1. The molecular weight excluding hydrogens is 234 g/mol. The van der Waals surface area contributed by atoms with Gasteiger partial charge in [-0.2, -0.15) is 0 Å². The van der Waals surface area contributed by atoms with Crippen molar-refractivity contribution in [2.45, 2.75) is 6.92 Å². The van der Waals surface area contributed by atoms with Crippen LogP contribution in [0.25, 0.3) is 0 Å². The summed E-state index contributed by atoms with van der Waals surface area (Å²) in [6.07, 6.45) is 3.64. The molecule has 0 aromatic rings. The van der Waals surface area contributed by atoms with Crippen LogP contribution in [-0.4, -0.2) is 0 Å². The molecule has 0 rings (SSSR count). The quantitative estimate of drug-likeness (QED) is 0.346. The molecule has 0 spiro atoms. The van der Waals surface area contributed by atoms with Crippen molar-refractivity contribution in [1.29, 1.82) is 0 Å². The summed E-state index contributed by atoms with van der Waals surface area (Å²) in [4.78, 5) is 0. The van der Waals surface area contributed by atoms with Crippen LogP contribution in [0.1, 0.15) is 6.92 Å². The summed E-state index contributed by atoms with van der Waals surface area (Å²) in [6.45, 7) is 5.36. The summed E-state index contributed by atoms with van der Waals surface area (Å²) in [7, 11) is 0. The van der Waals surface area contributed by atoms with Crippen LogP contribution in [0.3, 0.4) is 0 Å². The van der Waals surface area contributed by atoms with Crippen LogP contribution in [0.15, 0.2) is 12.2 Å². The fourth-order valence-electron chi connectivity index (χ4n) is 0. The topological polar surface area (TPSA) is 0 Å². The van der Waals surface area contributed by atoms with Gasteiger partial charge in [0.25, 0.3) is 0 Å². The van der Waals surface area contributed by atoms with Gasteiger partial charge in [0.1, 0.15) is 0 Å². The molecule has 0 aromatic heterocycles. The SMILES string of the molecule is [CH2-]C=CC.[Ni][I]. The molecule has 6 heavy (non-hydrogen) atoms. The summed E-state index contributed by atoms with van der Waals surface area (Å²) < 4.78 is 0. The summed E-state index contributed by atoms with van der Waals surface area (Å²) in [5.74, 6) is 0. The van der Waals surface area contributed by atoms with Crippen molar-refractivity contribution < 1.29 is 12.3 Å². The van der Waals surface area contributed by atoms with Crippen LogP contribution in [0.5, 0.6) is 0 Å². The molecule has 0 nitrogen and oxygen atoms in total. The van der Waals surface area contributed by atoms with Crippen molar-refractivity contribution in [2.75, 3.05) is 0 Å². The standard InChI is InChI=1S/C4H7.HI.Ni/c1-3-4-2;;/h3-4H,1H2,2H3;1H;/q-1;;+1/p-1. The maximum atomic E-state index is 3.84. The Kier molecular flexibility index (Phi) is 28.2. The Balaban J connectivity index is 0. The summed E-state index contributed by atoms with van der Waals surface area (Å²) in [5, 5.41) is 0. The molecule has 0 atom stereocenters. The average Bonchev–Trinajstić information content (AvgIpc) is 1.72. The molecule has 0 aromatic carbocycles. The molecular formula is C4H7INi-. The van der Waals surface area contributed by atoms with Gasteiger partial charge < -0.3 is 0 Å². The third-order valence-electron chi connectivity index (χ3n) is 0.236. The Bertz CT molecular complexity index is 22.7. The van der Waals surface area contributed by atoms with Crippen LogP contribution >= 0.6 is 20.5 Å². The van der Waals surface area contributed by atoms with E-state index < -0.39 is 0 Å². The Hall–Kier alpha value is 0.834. The first-order valence-electron chi connectivity index (χ1n) is 1.44. The van der Waals surface area contributed by atoms with Crippen LogP contribution in [0.2, 0.25) is 0 Å². The normalized spacial score (nSPS) is 7.33. The maximum absolute atomic E-state index is 3.84. The van der Waals surface area contributed by atoms with E-state index in [0.29, 0.717) is 0 Å². The molecule has 2 heteroatoms. The molecule has 0 radical (unpaired) electrons. The Morgan fingerprint density at radius 3 is 1.83 bits per heavy atom. The van der Waals surface area contributed by atoms with E-state index in [0.717, 1.165) is 0 Å². The van der Waals surface area contributed by atoms with Crippen molar-refractivity contribution in [1.82, 2.24) is 0 Å². The number of halogens is 1. The molecule has 0 heterocycles. The molecule has 0 N–H and O–H groups in total. The van der Waals surface area contributed by atoms with Gasteiger partial charge in [-0.1, -0.05) is 0 Å². The zero-order valence-electron chi connectivity index (χ0n) is 3.56. The molecule has 0 aliphatic carbocycles. The van der Waals surface area contributed by atoms with Crippen LogP contribution in [0, 0.1) is 6.92 Å². The van der Waals surface area contributed by atoms with Crippen molar-refractivity contribution in [3.05, 3.63) is 19.1 Å². The Morgan fingerprint density at radius 1 is 1.67 bits per heavy atom. The summed E-state index contributed by atoms with van der Waals surface area (Å²) in [6, 6.07) is 0. The minimum atomic E-state index is 1.75. The number of rotatable bonds is 0. The van der Waals surface area contributed by atoms with Crippen molar-refractivity contribution >= 4 is 20.5 Å². The first kappa shape index (κ1) is 9.95. The van der Waals surface area contributed by atoms with E-state index in [2.05, 4.69) is 19.2 Å². The van der Waals surface area contributed by atoms with Crippen LogP contribution < -0.4 is 0 Å². The van der Waals surface area contributed by atoms with Crippen LogP contribution in [-0.2, 0) is 12.3 Å². The molecule has 0 aliphatic rings. The van der Waals surface area contributed by atoms with E-state index in [1.165, 1.54) is 0 Å². The molecule has 0 amide bonds. The second kappa shape index (κ2) is 17.0. The number of allylic oxidation sites excluding steroid dienone is 2. The van der Waals surface area contributed by atoms with Crippen molar-refractivity contribution in [3.63, 3.8) is 0 Å². The first-order valence-corrected chi connectivity index (χ1v) is 4.62. The second-order valence-corrected chi connectivity index (χ2v) is 0.569. The molecule has 0 unspecified atom stereocenters. The van der Waals surface area contributed by atoms with Crippen LogP contribution in [0.4, 0.5) is 0 Å². The van der Waals surface area contributed by atoms with Gasteiger partial charge in [0.15, 0.2) is 0 Å². The second-order valence-electron chi connectivity index (χ2n) is 0.569. The van der Waals surface area contributed by atoms with E-state index in [9.17, 15) is 0 Å². The van der Waals surface area contributed by atoms with Gasteiger partial charge in [-0.25, -0.2) is 19.1 Å². The third-order valence-corrected chi connectivity index (χ3v) is 0.236. The van der Waals surface area contributed by atoms with Gasteiger partial charge in [0.2, 0.25) is 0 Å². The zero-order valence-corrected chi connectivity index (χ0v) is 6.70. The molecule has 0 aliphatic heterocycles. The van der Waals surface area contributed by atoms with Gasteiger partial charge in [0, 0.05) is 0 Å². The predicted octanol–water partition coefficient (Wildman–Crippen LogP) is 2.28. The van der Waals surface area contributed by atoms with Gasteiger partial charge in [-0.15, -0.1) is 6.92 Å². The van der Waals surface area contributed by atoms with Crippen molar-refractivity contribution in [2.24, 2.45) is 0 Å². The predicted molar refractivity (Wildman–Crippen MR) is 34.2 cm³/mol. The number of hydrogen-bond donors (Lipinski definition) is 0. The van der Waals surface area contributed by atoms with Gasteiger partial charge in [-0.05, 0) is 0 Å². The molecule has 0 bridgehead atoms. The first-order chi connectivity index (χ1) is 2.91.